The van der Waals surface area contributed by atoms with Crippen LogP contribution in [0.2, 0.25) is 0 Å². The van der Waals surface area contributed by atoms with Crippen LogP contribution < -0.4 is 71.4 Å². The minimum atomic E-state index is -1.69. The molecule has 1 aromatic carbocycles. The van der Waals surface area contributed by atoms with E-state index < -0.39 is 137 Å². The van der Waals surface area contributed by atoms with Gasteiger partial charge in [-0.3, -0.25) is 67.8 Å². The highest BCUT2D eigenvalue weighted by atomic mass is 33.1. The normalized spacial score (nSPS) is 18.5. The van der Waals surface area contributed by atoms with E-state index in [-0.39, 0.29) is 67.4 Å². The molecule has 1 saturated heterocycles. The van der Waals surface area contributed by atoms with Crippen molar-refractivity contribution in [2.75, 3.05) is 37.7 Å². The van der Waals surface area contributed by atoms with Gasteiger partial charge < -0.3 is 65.3 Å². The van der Waals surface area contributed by atoms with Gasteiger partial charge in [0.05, 0.1) is 37.2 Å². The predicted molar refractivity (Wildman–Crippen MR) is 248 cm³/mol. The zero-order valence-corrected chi connectivity index (χ0v) is 38.6. The molecule has 8 amide bonds. The van der Waals surface area contributed by atoms with Crippen LogP contribution in [0, 0.1) is 15.9 Å². The number of nitrogens with zero attached hydrogens (tertiary/aromatic N) is 3. The van der Waals surface area contributed by atoms with Crippen LogP contribution in [0.4, 0.5) is 10.1 Å². The molecule has 0 radical (unpaired) electrons. The molecule has 17 N–H and O–H groups in total. The lowest BCUT2D eigenvalue weighted by Crippen LogP contribution is -2.57. The lowest BCUT2D eigenvalue weighted by atomic mass is 10.1. The van der Waals surface area contributed by atoms with Crippen LogP contribution in [0.1, 0.15) is 54.4 Å². The predicted octanol–water partition coefficient (Wildman–Crippen LogP) is -5.56. The lowest BCUT2D eigenvalue weighted by Gasteiger charge is -2.23. The molecule has 3 rings (SSSR count). The number of nitro groups is 1. The first-order valence-electron chi connectivity index (χ1n) is 20.9. The maximum absolute atomic E-state index is 13.9. The topological polar surface area (TPSA) is 473 Å². The Morgan fingerprint density at radius 2 is 1.67 bits per heavy atom. The fraction of sp³-hybridized carbons (Fsp3) is 0.474. The lowest BCUT2D eigenvalue weighted by molar-refractivity contribution is -0.385. The summed E-state index contributed by atoms with van der Waals surface area (Å²) < 4.78 is 14.5. The number of carbonyl (C=O) groups excluding carboxylic acids is 8. The molecule has 32 heteroatoms. The van der Waals surface area contributed by atoms with E-state index in [2.05, 4.69) is 42.2 Å². The standard InChI is InChI=1S/C38H52FN15O14S2/c39-20-15-53(38(66)52-31(20)59)14-19-7-6-18(10-26(19)54(67)68)30(58)49-21(4-1-2-8-40)32(60)45-13-29(57)48-24-16-69-70-17-25(36(64)65)51-34(62)22(5-3-9-44-37(42)43)47-28(56)12-46-33(61)23(11-27(41)55)50-35(24)63/h6-7,10,15,21-25H,1-5,8-9,11-14,16-17,40H2,(H2,41,55)(H,45,60)(H,46,61)(H,47,56)(H,48,57)(H,49,58)(H,50,63)(H,51,62)(H,64,65)(H4,42,43,44)(H,52,59,66)/t21-,22?,23?,24?,25?/m0/s1. The van der Waals surface area contributed by atoms with E-state index in [0.29, 0.717) is 17.2 Å². The van der Waals surface area contributed by atoms with Crippen LogP contribution >= 0.6 is 21.6 Å². The molecule has 29 nitrogen and oxygen atoms in total. The molecule has 1 aromatic heterocycles. The first kappa shape index (κ1) is 56.7. The zero-order valence-electron chi connectivity index (χ0n) is 37.0. The number of halogens is 1. The number of guanidine groups is 1. The van der Waals surface area contributed by atoms with E-state index in [1.807, 2.05) is 0 Å². The molecule has 2 heterocycles. The number of hydrogen-bond donors (Lipinski definition) is 13. The molecule has 0 bridgehead atoms. The number of aromatic nitrogens is 2. The number of hydrogen-bond acceptors (Lipinski definition) is 17. The average molecular weight is 1030 g/mol. The fourth-order valence-corrected chi connectivity index (χ4v) is 8.50. The van der Waals surface area contributed by atoms with Crippen LogP contribution in [0.5, 0.6) is 0 Å². The first-order chi connectivity index (χ1) is 33.1. The highest BCUT2D eigenvalue weighted by Crippen LogP contribution is 2.24. The molecule has 1 aliphatic heterocycles. The number of carboxylic acids is 1. The average Bonchev–Trinajstić information content (AvgIpc) is 3.29. The largest absolute Gasteiger partial charge is 0.480 e. The molecule has 1 aliphatic rings. The van der Waals surface area contributed by atoms with E-state index in [0.717, 1.165) is 39.8 Å². The second-order valence-electron chi connectivity index (χ2n) is 15.1. The van der Waals surface area contributed by atoms with Gasteiger partial charge in [0.2, 0.25) is 47.2 Å². The summed E-state index contributed by atoms with van der Waals surface area (Å²) in [6.07, 6.45) is 0.497. The van der Waals surface area contributed by atoms with Crippen LogP contribution in [0.15, 0.2) is 39.0 Å². The fourth-order valence-electron chi connectivity index (χ4n) is 6.18. The molecule has 4 unspecified atom stereocenters. The summed E-state index contributed by atoms with van der Waals surface area (Å²) in [4.78, 5) is 157. The molecule has 5 atom stereocenters. The number of H-pyrrole nitrogens is 1. The second kappa shape index (κ2) is 28.0. The number of carboxylic acid groups (broad SMARTS) is 1. The number of aliphatic carboxylic acids is 1. The van der Waals surface area contributed by atoms with Gasteiger partial charge in [0, 0.05) is 35.2 Å². The van der Waals surface area contributed by atoms with Gasteiger partial charge in [-0.15, -0.1) is 0 Å². The van der Waals surface area contributed by atoms with Gasteiger partial charge in [-0.25, -0.2) is 9.59 Å². The van der Waals surface area contributed by atoms with Crippen molar-refractivity contribution in [1.82, 2.24) is 46.8 Å². The first-order valence-corrected chi connectivity index (χ1v) is 23.4. The molecule has 382 valence electrons. The summed E-state index contributed by atoms with van der Waals surface area (Å²) in [7, 11) is 1.70. The molecule has 70 heavy (non-hydrogen) atoms. The number of aromatic amines is 1. The number of carbonyl (C=O) groups is 9. The van der Waals surface area contributed by atoms with Crippen molar-refractivity contribution < 1.29 is 57.6 Å². The summed E-state index contributed by atoms with van der Waals surface area (Å²) >= 11 is 0. The Kier molecular flexibility index (Phi) is 22.7. The number of nitro benzene ring substituents is 1. The van der Waals surface area contributed by atoms with E-state index in [9.17, 15) is 72.4 Å². The van der Waals surface area contributed by atoms with Gasteiger partial charge in [-0.2, -0.15) is 4.39 Å². The van der Waals surface area contributed by atoms with Crippen molar-refractivity contribution in [3.8, 4) is 0 Å². The molecule has 0 spiro atoms. The highest BCUT2D eigenvalue weighted by Gasteiger charge is 2.32. The maximum atomic E-state index is 13.9. The van der Waals surface area contributed by atoms with Crippen molar-refractivity contribution in [3.05, 3.63) is 72.3 Å². The van der Waals surface area contributed by atoms with Crippen molar-refractivity contribution >= 4 is 86.5 Å². The van der Waals surface area contributed by atoms with E-state index in [1.54, 1.807) is 4.98 Å². The third-order valence-electron chi connectivity index (χ3n) is 9.72. The smallest absolute Gasteiger partial charge is 0.328 e. The van der Waals surface area contributed by atoms with Crippen LogP contribution in [0.25, 0.3) is 0 Å². The molecule has 0 saturated carbocycles. The molecule has 2 aromatic rings. The van der Waals surface area contributed by atoms with Crippen LogP contribution in [-0.4, -0.2) is 147 Å². The minimum absolute atomic E-state index is 0.0427. The third kappa shape index (κ3) is 18.8. The quantitative estimate of drug-likeness (QED) is 0.0147. The Morgan fingerprint density at radius 1 is 0.957 bits per heavy atom. The number of nitrogens with two attached hydrogens (primary N) is 4. The van der Waals surface area contributed by atoms with E-state index in [4.69, 9.17) is 22.9 Å². The van der Waals surface area contributed by atoms with Crippen molar-refractivity contribution in [3.63, 3.8) is 0 Å². The second-order valence-corrected chi connectivity index (χ2v) is 17.7. The SMILES string of the molecule is NCCCC[C@H](NC(=O)c1ccc(Cn2cc(F)c(=O)[nH]c2=O)c([N+](=O)[O-])c1)C(=O)NCC(=O)NC1CSSCC(C(=O)O)NC(=O)C(CCCN=C(N)N)NC(=O)CNC(=O)C(CC(N)=O)NC1=O. The number of unbranched alkanes of at least 4 members (excludes halogenated alkanes) is 1. The Hall–Kier alpha value is -7.61. The molecular weight excluding hydrogens is 974 g/mol. The van der Waals surface area contributed by atoms with Gasteiger partial charge in [0.25, 0.3) is 17.2 Å². The summed E-state index contributed by atoms with van der Waals surface area (Å²) in [5.41, 5.74) is 18.1. The van der Waals surface area contributed by atoms with Gasteiger partial charge in [0.1, 0.15) is 30.2 Å². The van der Waals surface area contributed by atoms with Crippen molar-refractivity contribution in [2.45, 2.75) is 75.3 Å². The Labute approximate surface area is 402 Å². The number of primary amides is 1. The Balaban J connectivity index is 1.80. The summed E-state index contributed by atoms with van der Waals surface area (Å²) in [6.45, 7) is -1.94. The summed E-state index contributed by atoms with van der Waals surface area (Å²) in [5, 5.41) is 38.2. The van der Waals surface area contributed by atoms with Gasteiger partial charge in [-0.05, 0) is 50.8 Å². The van der Waals surface area contributed by atoms with Crippen LogP contribution in [-0.2, 0) is 44.9 Å². The molecule has 0 aliphatic carbocycles. The zero-order chi connectivity index (χ0) is 52.1. The van der Waals surface area contributed by atoms with Crippen molar-refractivity contribution in [2.24, 2.45) is 27.9 Å². The monoisotopic (exact) mass is 1030 g/mol. The maximum Gasteiger partial charge on any atom is 0.328 e. The minimum Gasteiger partial charge on any atom is -0.480 e. The molecular formula is C38H52FN15O14S2. The number of benzene rings is 1. The van der Waals surface area contributed by atoms with Gasteiger partial charge in [-0.1, -0.05) is 21.6 Å². The Morgan fingerprint density at radius 3 is 2.33 bits per heavy atom. The number of amides is 8. The number of nitrogens with one attached hydrogen (secondary N) is 8. The Bertz CT molecular complexity index is 2450. The van der Waals surface area contributed by atoms with Gasteiger partial charge in [0.15, 0.2) is 5.96 Å². The van der Waals surface area contributed by atoms with Gasteiger partial charge >= 0.3 is 11.7 Å². The summed E-state index contributed by atoms with van der Waals surface area (Å²) in [6, 6.07) is -4.38. The number of rotatable bonds is 20. The summed E-state index contributed by atoms with van der Waals surface area (Å²) in [5.74, 6) is -11.6. The molecule has 1 fully saturated rings. The third-order valence-corrected chi connectivity index (χ3v) is 12.1. The highest BCUT2D eigenvalue weighted by molar-refractivity contribution is 8.76. The van der Waals surface area contributed by atoms with E-state index >= 15 is 0 Å². The van der Waals surface area contributed by atoms with Crippen LogP contribution in [0.3, 0.4) is 0 Å². The number of aliphatic imine (C=N–C) groups is 1. The van der Waals surface area contributed by atoms with Crippen molar-refractivity contribution in [1.29, 1.82) is 0 Å². The van der Waals surface area contributed by atoms with E-state index in [1.165, 1.54) is 0 Å².